The normalized spacial score (nSPS) is 11.5. The maximum atomic E-state index is 12.2. The highest BCUT2D eigenvalue weighted by Crippen LogP contribution is 2.17. The van der Waals surface area contributed by atoms with E-state index in [1.807, 2.05) is 32.0 Å². The van der Waals surface area contributed by atoms with Crippen molar-refractivity contribution in [3.8, 4) is 0 Å². The number of hydrogen-bond acceptors (Lipinski definition) is 3. The first-order chi connectivity index (χ1) is 12.0. The molecule has 1 atom stereocenters. The van der Waals surface area contributed by atoms with Gasteiger partial charge in [0, 0.05) is 29.5 Å². The standard InChI is InChI=1S/C19H24N4O2/c1-13-8-9-15(18(24)21-11-10-14(2)20)12-17(13)23-19(25)22-16-6-4-3-5-7-16/h3-9,12,14H,10-11,20H2,1-2H3,(H,21,24)(H2,22,23,25). The molecule has 1 unspecified atom stereocenters. The Labute approximate surface area is 147 Å². The molecule has 0 aliphatic rings. The van der Waals surface area contributed by atoms with Gasteiger partial charge in [0.2, 0.25) is 0 Å². The summed E-state index contributed by atoms with van der Waals surface area (Å²) in [5.41, 5.74) is 8.32. The van der Waals surface area contributed by atoms with Gasteiger partial charge in [-0.05, 0) is 50.1 Å². The smallest absolute Gasteiger partial charge is 0.323 e. The first-order valence-electron chi connectivity index (χ1n) is 8.23. The molecule has 5 N–H and O–H groups in total. The summed E-state index contributed by atoms with van der Waals surface area (Å²) in [5.74, 6) is -0.188. The minimum absolute atomic E-state index is 0.0391. The number of rotatable bonds is 6. The molecule has 0 saturated carbocycles. The van der Waals surface area contributed by atoms with Crippen LogP contribution >= 0.6 is 0 Å². The van der Waals surface area contributed by atoms with Crippen LogP contribution in [0.2, 0.25) is 0 Å². The van der Waals surface area contributed by atoms with Gasteiger partial charge in [0.25, 0.3) is 5.91 Å². The van der Waals surface area contributed by atoms with Crippen LogP contribution in [0.5, 0.6) is 0 Å². The second-order valence-corrected chi connectivity index (χ2v) is 6.00. The van der Waals surface area contributed by atoms with E-state index in [9.17, 15) is 9.59 Å². The molecular formula is C19H24N4O2. The SMILES string of the molecule is Cc1ccc(C(=O)NCCC(C)N)cc1NC(=O)Nc1ccccc1. The maximum absolute atomic E-state index is 12.2. The summed E-state index contributed by atoms with van der Waals surface area (Å²) in [6.45, 7) is 4.28. The van der Waals surface area contributed by atoms with E-state index in [0.29, 0.717) is 29.9 Å². The molecule has 0 spiro atoms. The zero-order valence-electron chi connectivity index (χ0n) is 14.5. The summed E-state index contributed by atoms with van der Waals surface area (Å²) in [6.07, 6.45) is 0.711. The van der Waals surface area contributed by atoms with Gasteiger partial charge in [0.1, 0.15) is 0 Å². The molecule has 0 bridgehead atoms. The lowest BCUT2D eigenvalue weighted by atomic mass is 10.1. The molecule has 2 aromatic rings. The zero-order valence-corrected chi connectivity index (χ0v) is 14.5. The van der Waals surface area contributed by atoms with Crippen molar-refractivity contribution in [1.29, 1.82) is 0 Å². The van der Waals surface area contributed by atoms with Crippen molar-refractivity contribution in [2.75, 3.05) is 17.2 Å². The average Bonchev–Trinajstić information content (AvgIpc) is 2.57. The monoisotopic (exact) mass is 340 g/mol. The minimum atomic E-state index is -0.358. The molecule has 0 aromatic heterocycles. The van der Waals surface area contributed by atoms with Crippen LogP contribution in [0.15, 0.2) is 48.5 Å². The van der Waals surface area contributed by atoms with E-state index < -0.39 is 0 Å². The van der Waals surface area contributed by atoms with Crippen LogP contribution < -0.4 is 21.7 Å². The molecule has 6 nitrogen and oxygen atoms in total. The summed E-state index contributed by atoms with van der Waals surface area (Å²) >= 11 is 0. The number of nitrogens with two attached hydrogens (primary N) is 1. The van der Waals surface area contributed by atoms with Crippen LogP contribution in [-0.2, 0) is 0 Å². The van der Waals surface area contributed by atoms with Crippen molar-refractivity contribution in [2.24, 2.45) is 5.73 Å². The number of hydrogen-bond donors (Lipinski definition) is 4. The molecule has 0 radical (unpaired) electrons. The Balaban J connectivity index is 2.00. The fourth-order valence-corrected chi connectivity index (χ4v) is 2.22. The Morgan fingerprint density at radius 2 is 1.80 bits per heavy atom. The van der Waals surface area contributed by atoms with Crippen molar-refractivity contribution >= 4 is 23.3 Å². The molecule has 0 aliphatic heterocycles. The van der Waals surface area contributed by atoms with Gasteiger partial charge in [0.15, 0.2) is 0 Å². The molecule has 0 aliphatic carbocycles. The Morgan fingerprint density at radius 3 is 2.48 bits per heavy atom. The van der Waals surface area contributed by atoms with Gasteiger partial charge in [0.05, 0.1) is 0 Å². The Hall–Kier alpha value is -2.86. The molecule has 0 fully saturated rings. The van der Waals surface area contributed by atoms with E-state index in [4.69, 9.17) is 5.73 Å². The summed E-state index contributed by atoms with van der Waals surface area (Å²) < 4.78 is 0. The van der Waals surface area contributed by atoms with Gasteiger partial charge in [-0.3, -0.25) is 4.79 Å². The predicted molar refractivity (Wildman–Crippen MR) is 101 cm³/mol. The quantitative estimate of drug-likeness (QED) is 0.650. The third kappa shape index (κ3) is 5.93. The third-order valence-electron chi connectivity index (χ3n) is 3.66. The van der Waals surface area contributed by atoms with E-state index >= 15 is 0 Å². The van der Waals surface area contributed by atoms with E-state index in [2.05, 4.69) is 16.0 Å². The average molecular weight is 340 g/mol. The van der Waals surface area contributed by atoms with Gasteiger partial charge in [-0.15, -0.1) is 0 Å². The van der Waals surface area contributed by atoms with E-state index in [1.165, 1.54) is 0 Å². The van der Waals surface area contributed by atoms with E-state index in [1.54, 1.807) is 30.3 Å². The third-order valence-corrected chi connectivity index (χ3v) is 3.66. The van der Waals surface area contributed by atoms with Gasteiger partial charge < -0.3 is 21.7 Å². The van der Waals surface area contributed by atoms with Crippen molar-refractivity contribution in [3.63, 3.8) is 0 Å². The number of anilines is 2. The van der Waals surface area contributed by atoms with Gasteiger partial charge in [-0.25, -0.2) is 4.79 Å². The Bertz CT molecular complexity index is 729. The fourth-order valence-electron chi connectivity index (χ4n) is 2.22. The number of carbonyl (C=O) groups excluding carboxylic acids is 2. The summed E-state index contributed by atoms with van der Waals surface area (Å²) in [7, 11) is 0. The van der Waals surface area contributed by atoms with Crippen LogP contribution in [0.1, 0.15) is 29.3 Å². The molecule has 2 rings (SSSR count). The van der Waals surface area contributed by atoms with Crippen LogP contribution in [0.25, 0.3) is 0 Å². The molecule has 6 heteroatoms. The van der Waals surface area contributed by atoms with Crippen LogP contribution in [-0.4, -0.2) is 24.5 Å². The number of aryl methyl sites for hydroxylation is 1. The molecule has 25 heavy (non-hydrogen) atoms. The number of benzene rings is 2. The highest BCUT2D eigenvalue weighted by Gasteiger charge is 2.10. The summed E-state index contributed by atoms with van der Waals surface area (Å²) in [6, 6.07) is 14.0. The second-order valence-electron chi connectivity index (χ2n) is 6.00. The molecular weight excluding hydrogens is 316 g/mol. The van der Waals surface area contributed by atoms with Gasteiger partial charge >= 0.3 is 6.03 Å². The molecule has 2 aromatic carbocycles. The minimum Gasteiger partial charge on any atom is -0.352 e. The lowest BCUT2D eigenvalue weighted by Gasteiger charge is -2.12. The van der Waals surface area contributed by atoms with Gasteiger partial charge in [-0.1, -0.05) is 24.3 Å². The first-order valence-corrected chi connectivity index (χ1v) is 8.23. The van der Waals surface area contributed by atoms with E-state index in [-0.39, 0.29) is 18.0 Å². The largest absolute Gasteiger partial charge is 0.352 e. The van der Waals surface area contributed by atoms with Crippen LogP contribution in [0.3, 0.4) is 0 Å². The number of carbonyl (C=O) groups is 2. The summed E-state index contributed by atoms with van der Waals surface area (Å²) in [5, 5.41) is 8.35. The lowest BCUT2D eigenvalue weighted by molar-refractivity contribution is 0.0953. The van der Waals surface area contributed by atoms with E-state index in [0.717, 1.165) is 5.56 Å². The topological polar surface area (TPSA) is 96.2 Å². The summed E-state index contributed by atoms with van der Waals surface area (Å²) in [4.78, 5) is 24.3. The Morgan fingerprint density at radius 1 is 1.08 bits per heavy atom. The maximum Gasteiger partial charge on any atom is 0.323 e. The van der Waals surface area contributed by atoms with Crippen molar-refractivity contribution in [1.82, 2.24) is 5.32 Å². The number of urea groups is 1. The molecule has 132 valence electrons. The van der Waals surface area contributed by atoms with Gasteiger partial charge in [-0.2, -0.15) is 0 Å². The lowest BCUT2D eigenvalue weighted by Crippen LogP contribution is -2.29. The van der Waals surface area contributed by atoms with Crippen molar-refractivity contribution in [2.45, 2.75) is 26.3 Å². The number of para-hydroxylation sites is 1. The number of nitrogens with one attached hydrogen (secondary N) is 3. The predicted octanol–water partition coefficient (Wildman–Crippen LogP) is 3.11. The number of amides is 3. The zero-order chi connectivity index (χ0) is 18.2. The fraction of sp³-hybridized carbons (Fsp3) is 0.263. The van der Waals surface area contributed by atoms with Crippen molar-refractivity contribution in [3.05, 3.63) is 59.7 Å². The second kappa shape index (κ2) is 8.84. The van der Waals surface area contributed by atoms with Crippen molar-refractivity contribution < 1.29 is 9.59 Å². The Kier molecular flexibility index (Phi) is 6.54. The highest BCUT2D eigenvalue weighted by atomic mass is 16.2. The molecule has 0 heterocycles. The molecule has 3 amide bonds. The highest BCUT2D eigenvalue weighted by molar-refractivity contribution is 6.02. The molecule has 0 saturated heterocycles. The first kappa shape index (κ1) is 18.5. The van der Waals surface area contributed by atoms with Crippen LogP contribution in [0, 0.1) is 6.92 Å². The van der Waals surface area contributed by atoms with Crippen LogP contribution in [0.4, 0.5) is 16.2 Å².